The van der Waals surface area contributed by atoms with E-state index in [4.69, 9.17) is 10.00 Å². The van der Waals surface area contributed by atoms with Gasteiger partial charge in [0.1, 0.15) is 11.4 Å². The Morgan fingerprint density at radius 2 is 1.92 bits per heavy atom. The number of benzene rings is 2. The molecule has 1 unspecified atom stereocenters. The van der Waals surface area contributed by atoms with Gasteiger partial charge in [-0.1, -0.05) is 32.0 Å². The molecule has 0 spiro atoms. The molecular formula is C21H25FN2O. The second-order valence-corrected chi connectivity index (χ2v) is 5.81. The molecule has 2 aromatic carbocycles. The normalized spacial score (nSPS) is 18.0. The van der Waals surface area contributed by atoms with Gasteiger partial charge in [0.25, 0.3) is 0 Å². The number of nitrogens with one attached hydrogen (secondary N) is 1. The van der Waals surface area contributed by atoms with Crippen LogP contribution in [0.2, 0.25) is 0 Å². The Balaban J connectivity index is 0.00000109. The molecule has 1 aliphatic heterocycles. The number of hydrogen-bond acceptors (Lipinski definition) is 3. The topological polar surface area (TPSA) is 45.0 Å². The summed E-state index contributed by atoms with van der Waals surface area (Å²) in [6.45, 7) is 5.36. The van der Waals surface area contributed by atoms with Crippen molar-refractivity contribution in [1.29, 1.82) is 5.26 Å². The molecule has 3 rings (SSSR count). The van der Waals surface area contributed by atoms with Gasteiger partial charge >= 0.3 is 0 Å². The molecule has 1 N–H and O–H groups in total. The van der Waals surface area contributed by atoms with Gasteiger partial charge in [-0.3, -0.25) is 0 Å². The molecule has 0 saturated heterocycles. The molecule has 0 aliphatic carbocycles. The van der Waals surface area contributed by atoms with Crippen molar-refractivity contribution in [3.8, 4) is 6.07 Å². The largest absolute Gasteiger partial charge is 0.361 e. The Morgan fingerprint density at radius 1 is 1.20 bits per heavy atom. The molecule has 0 radical (unpaired) electrons. The monoisotopic (exact) mass is 340 g/mol. The highest BCUT2D eigenvalue weighted by molar-refractivity contribution is 5.47. The lowest BCUT2D eigenvalue weighted by Crippen LogP contribution is -2.28. The van der Waals surface area contributed by atoms with E-state index in [1.165, 1.54) is 12.1 Å². The van der Waals surface area contributed by atoms with Gasteiger partial charge in [0.15, 0.2) is 0 Å². The van der Waals surface area contributed by atoms with Gasteiger partial charge in [0.05, 0.1) is 18.2 Å². The zero-order valence-corrected chi connectivity index (χ0v) is 15.1. The number of fused-ring (bicyclic) bond motifs is 1. The van der Waals surface area contributed by atoms with E-state index in [1.54, 1.807) is 12.1 Å². The Bertz CT molecular complexity index is 737. The zero-order valence-electron chi connectivity index (χ0n) is 15.1. The molecule has 4 heteroatoms. The fourth-order valence-electron chi connectivity index (χ4n) is 3.28. The summed E-state index contributed by atoms with van der Waals surface area (Å²) in [5, 5.41) is 12.2. The standard InChI is InChI=1S/C19H19FN2O.C2H6/c1-22-10-2-9-19(16-4-6-17(20)7-5-16)18-8-3-14(12-21)11-15(18)13-23-19;1-2/h3-8,11,22H,2,9-10,13H2,1H3;1-2H3. The molecule has 1 heterocycles. The highest BCUT2D eigenvalue weighted by Crippen LogP contribution is 2.45. The third-order valence-electron chi connectivity index (χ3n) is 4.41. The molecule has 0 fully saturated rings. The van der Waals surface area contributed by atoms with Gasteiger partial charge in [0, 0.05) is 0 Å². The van der Waals surface area contributed by atoms with Crippen LogP contribution >= 0.6 is 0 Å². The minimum Gasteiger partial charge on any atom is -0.361 e. The van der Waals surface area contributed by atoms with Crippen molar-refractivity contribution in [2.24, 2.45) is 0 Å². The van der Waals surface area contributed by atoms with Crippen LogP contribution in [0.3, 0.4) is 0 Å². The van der Waals surface area contributed by atoms with Gasteiger partial charge in [0.2, 0.25) is 0 Å². The minimum absolute atomic E-state index is 0.253. The fourth-order valence-corrected chi connectivity index (χ4v) is 3.28. The molecule has 0 aromatic heterocycles. The fraction of sp³-hybridized carbons (Fsp3) is 0.381. The van der Waals surface area contributed by atoms with Crippen molar-refractivity contribution in [3.63, 3.8) is 0 Å². The summed E-state index contributed by atoms with van der Waals surface area (Å²) in [5.41, 5.74) is 3.15. The number of nitrogens with zero attached hydrogens (tertiary/aromatic N) is 1. The van der Waals surface area contributed by atoms with Gasteiger partial charge in [-0.2, -0.15) is 5.26 Å². The van der Waals surface area contributed by atoms with Gasteiger partial charge in [-0.25, -0.2) is 4.39 Å². The molecule has 0 bridgehead atoms. The highest BCUT2D eigenvalue weighted by Gasteiger charge is 2.41. The smallest absolute Gasteiger partial charge is 0.123 e. The molecule has 1 aliphatic rings. The molecule has 0 amide bonds. The van der Waals surface area contributed by atoms with E-state index >= 15 is 0 Å². The van der Waals surface area contributed by atoms with E-state index in [1.807, 2.05) is 39.1 Å². The van der Waals surface area contributed by atoms with Crippen LogP contribution < -0.4 is 5.32 Å². The van der Waals surface area contributed by atoms with E-state index in [2.05, 4.69) is 11.4 Å². The van der Waals surface area contributed by atoms with Crippen molar-refractivity contribution in [2.45, 2.75) is 38.9 Å². The number of nitriles is 1. The molecule has 2 aromatic rings. The average Bonchev–Trinajstić information content (AvgIpc) is 3.03. The van der Waals surface area contributed by atoms with Crippen molar-refractivity contribution < 1.29 is 9.13 Å². The van der Waals surface area contributed by atoms with Crippen molar-refractivity contribution in [2.75, 3.05) is 13.6 Å². The first-order valence-electron chi connectivity index (χ1n) is 8.78. The third kappa shape index (κ3) is 3.89. The Labute approximate surface area is 149 Å². The Hall–Kier alpha value is -2.22. The zero-order chi connectivity index (χ0) is 18.3. The van der Waals surface area contributed by atoms with E-state index in [9.17, 15) is 4.39 Å². The second kappa shape index (κ2) is 8.75. The lowest BCUT2D eigenvalue weighted by Gasteiger charge is -2.30. The van der Waals surface area contributed by atoms with E-state index < -0.39 is 5.60 Å². The van der Waals surface area contributed by atoms with Gasteiger partial charge < -0.3 is 10.1 Å². The van der Waals surface area contributed by atoms with Crippen LogP contribution in [0.5, 0.6) is 0 Å². The van der Waals surface area contributed by atoms with Crippen molar-refractivity contribution in [3.05, 3.63) is 70.5 Å². The highest BCUT2D eigenvalue weighted by atomic mass is 19.1. The Morgan fingerprint density at radius 3 is 2.56 bits per heavy atom. The molecule has 3 nitrogen and oxygen atoms in total. The second-order valence-electron chi connectivity index (χ2n) is 5.81. The van der Waals surface area contributed by atoms with Crippen LogP contribution in [0.4, 0.5) is 4.39 Å². The predicted octanol–water partition coefficient (Wildman–Crippen LogP) is 4.50. The van der Waals surface area contributed by atoms with Crippen LogP contribution in [0, 0.1) is 17.1 Å². The third-order valence-corrected chi connectivity index (χ3v) is 4.41. The van der Waals surface area contributed by atoms with Gasteiger partial charge in [-0.15, -0.1) is 0 Å². The maximum Gasteiger partial charge on any atom is 0.123 e. The summed E-state index contributed by atoms with van der Waals surface area (Å²) in [6, 6.07) is 14.4. The lowest BCUT2D eigenvalue weighted by atomic mass is 9.81. The summed E-state index contributed by atoms with van der Waals surface area (Å²) in [5.74, 6) is -0.253. The van der Waals surface area contributed by atoms with Crippen LogP contribution in [-0.2, 0) is 16.9 Å². The summed E-state index contributed by atoms with van der Waals surface area (Å²) in [7, 11) is 1.92. The summed E-state index contributed by atoms with van der Waals surface area (Å²) in [4.78, 5) is 0. The van der Waals surface area contributed by atoms with Crippen LogP contribution in [0.15, 0.2) is 42.5 Å². The summed E-state index contributed by atoms with van der Waals surface area (Å²) in [6.07, 6.45) is 1.74. The molecule has 25 heavy (non-hydrogen) atoms. The van der Waals surface area contributed by atoms with Crippen molar-refractivity contribution in [1.82, 2.24) is 5.32 Å². The molecule has 0 saturated carbocycles. The van der Waals surface area contributed by atoms with Crippen LogP contribution in [0.25, 0.3) is 0 Å². The minimum atomic E-state index is -0.562. The van der Waals surface area contributed by atoms with Crippen LogP contribution in [-0.4, -0.2) is 13.6 Å². The SMILES string of the molecule is CC.CNCCCC1(c2ccc(F)cc2)OCc2cc(C#N)ccc21. The van der Waals surface area contributed by atoms with Crippen molar-refractivity contribution >= 4 is 0 Å². The van der Waals surface area contributed by atoms with Gasteiger partial charge in [-0.05, 0) is 67.4 Å². The first kappa shape index (κ1) is 19.1. The number of hydrogen-bond donors (Lipinski definition) is 1. The Kier molecular flexibility index (Phi) is 6.69. The predicted molar refractivity (Wildman–Crippen MR) is 97.6 cm³/mol. The maximum absolute atomic E-state index is 13.3. The maximum atomic E-state index is 13.3. The summed E-state index contributed by atoms with van der Waals surface area (Å²) >= 11 is 0. The number of ether oxygens (including phenoxy) is 1. The number of halogens is 1. The molecular weight excluding hydrogens is 315 g/mol. The molecule has 132 valence electrons. The lowest BCUT2D eigenvalue weighted by molar-refractivity contribution is -0.0128. The van der Waals surface area contributed by atoms with Crippen LogP contribution in [0.1, 0.15) is 48.9 Å². The van der Waals surface area contributed by atoms with E-state index in [0.29, 0.717) is 12.2 Å². The first-order chi connectivity index (χ1) is 12.2. The summed E-state index contributed by atoms with van der Waals surface area (Å²) < 4.78 is 19.5. The first-order valence-corrected chi connectivity index (χ1v) is 8.78. The van der Waals surface area contributed by atoms with E-state index in [-0.39, 0.29) is 5.82 Å². The average molecular weight is 340 g/mol. The quantitative estimate of drug-likeness (QED) is 0.815. The molecule has 1 atom stereocenters. The van der Waals surface area contributed by atoms with E-state index in [0.717, 1.165) is 36.1 Å². The number of rotatable bonds is 5.